The average Bonchev–Trinajstić information content (AvgIpc) is 3.31. The van der Waals surface area contributed by atoms with Crippen molar-refractivity contribution in [3.05, 3.63) is 30.1 Å². The Morgan fingerprint density at radius 3 is 2.57 bits per heavy atom. The number of halogens is 1. The maximum absolute atomic E-state index is 13.4. The Hall–Kier alpha value is -1.62. The number of piperazine rings is 1. The van der Waals surface area contributed by atoms with E-state index in [1.165, 1.54) is 31.5 Å². The van der Waals surface area contributed by atoms with Gasteiger partial charge in [-0.15, -0.1) is 0 Å². The molecule has 0 N–H and O–H groups in total. The topological polar surface area (TPSA) is 32.8 Å². The van der Waals surface area contributed by atoms with Crippen molar-refractivity contribution >= 4 is 5.91 Å². The number of rotatable bonds is 5. The van der Waals surface area contributed by atoms with Crippen molar-refractivity contribution in [2.75, 3.05) is 39.3 Å². The number of carbonyl (C=O) groups excluding carboxylic acids is 1. The molecular formula is C16H21FN2O2. The zero-order chi connectivity index (χ0) is 14.7. The van der Waals surface area contributed by atoms with Gasteiger partial charge in [0.25, 0.3) is 5.91 Å². The molecule has 1 aliphatic carbocycles. The Bertz CT molecular complexity index is 497. The van der Waals surface area contributed by atoms with Crippen molar-refractivity contribution in [2.45, 2.75) is 12.8 Å². The van der Waals surface area contributed by atoms with E-state index in [0.29, 0.717) is 0 Å². The summed E-state index contributed by atoms with van der Waals surface area (Å²) in [6, 6.07) is 6.16. The second kappa shape index (κ2) is 6.43. The van der Waals surface area contributed by atoms with Crippen LogP contribution in [0.3, 0.4) is 0 Å². The van der Waals surface area contributed by atoms with Crippen molar-refractivity contribution in [3.8, 4) is 5.75 Å². The van der Waals surface area contributed by atoms with Crippen LogP contribution in [-0.4, -0.2) is 55.0 Å². The zero-order valence-electron chi connectivity index (χ0n) is 12.1. The molecule has 21 heavy (non-hydrogen) atoms. The Labute approximate surface area is 124 Å². The minimum atomic E-state index is -0.431. The summed E-state index contributed by atoms with van der Waals surface area (Å²) in [4.78, 5) is 16.3. The molecule has 1 aliphatic heterocycles. The second-order valence-corrected chi connectivity index (χ2v) is 5.84. The number of amides is 1. The molecule has 3 rings (SSSR count). The van der Waals surface area contributed by atoms with Gasteiger partial charge in [-0.2, -0.15) is 0 Å². The van der Waals surface area contributed by atoms with Gasteiger partial charge in [-0.25, -0.2) is 4.39 Å². The summed E-state index contributed by atoms with van der Waals surface area (Å²) in [7, 11) is 0. The molecule has 1 aromatic carbocycles. The van der Waals surface area contributed by atoms with Gasteiger partial charge in [-0.1, -0.05) is 12.1 Å². The highest BCUT2D eigenvalue weighted by Crippen LogP contribution is 2.29. The van der Waals surface area contributed by atoms with Gasteiger partial charge in [0.15, 0.2) is 18.2 Å². The molecule has 2 fully saturated rings. The van der Waals surface area contributed by atoms with Gasteiger partial charge in [-0.3, -0.25) is 9.69 Å². The molecule has 0 spiro atoms. The van der Waals surface area contributed by atoms with Gasteiger partial charge in [-0.05, 0) is 30.9 Å². The SMILES string of the molecule is O=C(COc1ccccc1F)N1CCN(CC2CC2)CC1. The lowest BCUT2D eigenvalue weighted by molar-refractivity contribution is -0.135. The lowest BCUT2D eigenvalue weighted by Crippen LogP contribution is -2.50. The van der Waals surface area contributed by atoms with Crippen molar-refractivity contribution in [2.24, 2.45) is 5.92 Å². The molecule has 0 bridgehead atoms. The predicted octanol–water partition coefficient (Wildman–Crippen LogP) is 1.76. The summed E-state index contributed by atoms with van der Waals surface area (Å²) in [6.45, 7) is 4.43. The predicted molar refractivity (Wildman–Crippen MR) is 77.6 cm³/mol. The van der Waals surface area contributed by atoms with E-state index >= 15 is 0 Å². The summed E-state index contributed by atoms with van der Waals surface area (Å²) < 4.78 is 18.7. The number of hydrogen-bond donors (Lipinski definition) is 0. The molecule has 1 aromatic rings. The summed E-state index contributed by atoms with van der Waals surface area (Å²) in [6.07, 6.45) is 2.71. The van der Waals surface area contributed by atoms with Crippen LogP contribution in [0.4, 0.5) is 4.39 Å². The van der Waals surface area contributed by atoms with E-state index in [4.69, 9.17) is 4.74 Å². The first-order chi connectivity index (χ1) is 10.2. The van der Waals surface area contributed by atoms with Crippen LogP contribution in [0.25, 0.3) is 0 Å². The van der Waals surface area contributed by atoms with Gasteiger partial charge < -0.3 is 9.64 Å². The summed E-state index contributed by atoms with van der Waals surface area (Å²) in [5.74, 6) is 0.527. The number of nitrogens with zero attached hydrogens (tertiary/aromatic N) is 2. The number of hydrogen-bond acceptors (Lipinski definition) is 3. The summed E-state index contributed by atoms with van der Waals surface area (Å²) >= 11 is 0. The largest absolute Gasteiger partial charge is 0.481 e. The van der Waals surface area contributed by atoms with Gasteiger partial charge >= 0.3 is 0 Å². The van der Waals surface area contributed by atoms with Crippen molar-refractivity contribution in [3.63, 3.8) is 0 Å². The van der Waals surface area contributed by atoms with Crippen LogP contribution in [0.15, 0.2) is 24.3 Å². The lowest BCUT2D eigenvalue weighted by atomic mass is 10.3. The van der Waals surface area contributed by atoms with Gasteiger partial charge in [0.05, 0.1) is 0 Å². The van der Waals surface area contributed by atoms with E-state index in [2.05, 4.69) is 4.90 Å². The van der Waals surface area contributed by atoms with E-state index in [9.17, 15) is 9.18 Å². The average molecular weight is 292 g/mol. The first-order valence-electron chi connectivity index (χ1n) is 7.60. The van der Waals surface area contributed by atoms with Gasteiger partial charge in [0, 0.05) is 32.7 Å². The summed E-state index contributed by atoms with van der Waals surface area (Å²) in [5, 5.41) is 0. The highest BCUT2D eigenvalue weighted by atomic mass is 19.1. The molecule has 114 valence electrons. The van der Waals surface area contributed by atoms with Crippen molar-refractivity contribution in [1.82, 2.24) is 9.80 Å². The van der Waals surface area contributed by atoms with Crippen LogP contribution >= 0.6 is 0 Å². The van der Waals surface area contributed by atoms with Crippen LogP contribution in [0.5, 0.6) is 5.75 Å². The Morgan fingerprint density at radius 2 is 1.90 bits per heavy atom. The van der Waals surface area contributed by atoms with Gasteiger partial charge in [0.2, 0.25) is 0 Å². The van der Waals surface area contributed by atoms with Crippen LogP contribution < -0.4 is 4.74 Å². The normalized spacial score (nSPS) is 19.6. The van der Waals surface area contributed by atoms with E-state index in [1.807, 2.05) is 4.90 Å². The zero-order valence-corrected chi connectivity index (χ0v) is 12.1. The Kier molecular flexibility index (Phi) is 4.39. The third kappa shape index (κ3) is 3.94. The number of carbonyl (C=O) groups is 1. The maximum Gasteiger partial charge on any atom is 0.260 e. The third-order valence-electron chi connectivity index (χ3n) is 4.13. The minimum absolute atomic E-state index is 0.0654. The second-order valence-electron chi connectivity index (χ2n) is 5.84. The number of para-hydroxylation sites is 1. The Morgan fingerprint density at radius 1 is 1.19 bits per heavy atom. The van der Waals surface area contributed by atoms with Crippen LogP contribution in [0, 0.1) is 11.7 Å². The highest BCUT2D eigenvalue weighted by molar-refractivity contribution is 5.77. The Balaban J connectivity index is 1.42. The van der Waals surface area contributed by atoms with Crippen LogP contribution in [0.2, 0.25) is 0 Å². The maximum atomic E-state index is 13.4. The summed E-state index contributed by atoms with van der Waals surface area (Å²) in [5.41, 5.74) is 0. The third-order valence-corrected chi connectivity index (χ3v) is 4.13. The van der Waals surface area contributed by atoms with E-state index in [1.54, 1.807) is 12.1 Å². The number of ether oxygens (including phenoxy) is 1. The fourth-order valence-corrected chi connectivity index (χ4v) is 2.64. The molecule has 0 unspecified atom stereocenters. The monoisotopic (exact) mass is 292 g/mol. The molecule has 5 heteroatoms. The van der Waals surface area contributed by atoms with Crippen molar-refractivity contribution < 1.29 is 13.9 Å². The molecule has 0 atom stereocenters. The van der Waals surface area contributed by atoms with E-state index in [-0.39, 0.29) is 18.3 Å². The molecule has 4 nitrogen and oxygen atoms in total. The number of benzene rings is 1. The molecule has 2 aliphatic rings. The standard InChI is InChI=1S/C16H21FN2O2/c17-14-3-1-2-4-15(14)21-12-16(20)19-9-7-18(8-10-19)11-13-5-6-13/h1-4,13H,5-12H2. The van der Waals surface area contributed by atoms with E-state index < -0.39 is 5.82 Å². The van der Waals surface area contributed by atoms with E-state index in [0.717, 1.165) is 32.1 Å². The fraction of sp³-hybridized carbons (Fsp3) is 0.562. The lowest BCUT2D eigenvalue weighted by Gasteiger charge is -2.34. The molecule has 1 saturated carbocycles. The molecular weight excluding hydrogens is 271 g/mol. The molecule has 0 radical (unpaired) electrons. The molecule has 1 heterocycles. The van der Waals surface area contributed by atoms with Crippen LogP contribution in [0.1, 0.15) is 12.8 Å². The van der Waals surface area contributed by atoms with Crippen molar-refractivity contribution in [1.29, 1.82) is 0 Å². The molecule has 1 saturated heterocycles. The molecule has 1 amide bonds. The highest BCUT2D eigenvalue weighted by Gasteiger charge is 2.27. The fourth-order valence-electron chi connectivity index (χ4n) is 2.64. The quantitative estimate of drug-likeness (QED) is 0.829. The first-order valence-corrected chi connectivity index (χ1v) is 7.60. The van der Waals surface area contributed by atoms with Crippen LogP contribution in [-0.2, 0) is 4.79 Å². The first kappa shape index (κ1) is 14.3. The molecule has 0 aromatic heterocycles. The minimum Gasteiger partial charge on any atom is -0.481 e. The smallest absolute Gasteiger partial charge is 0.260 e. The van der Waals surface area contributed by atoms with Gasteiger partial charge in [0.1, 0.15) is 0 Å².